The van der Waals surface area contributed by atoms with Gasteiger partial charge in [-0.05, 0) is 73.7 Å². The second-order valence-corrected chi connectivity index (χ2v) is 10.6. The van der Waals surface area contributed by atoms with E-state index in [1.165, 1.54) is 9.87 Å². The van der Waals surface area contributed by atoms with Crippen molar-refractivity contribution in [3.8, 4) is 5.75 Å². The second-order valence-electron chi connectivity index (χ2n) is 7.72. The van der Waals surface area contributed by atoms with Gasteiger partial charge in [-0.2, -0.15) is 4.31 Å². The highest BCUT2D eigenvalue weighted by Crippen LogP contribution is 2.33. The molecule has 8 heteroatoms. The maximum absolute atomic E-state index is 13.2. The lowest BCUT2D eigenvalue weighted by atomic mass is 9.94. The number of carbonyl (C=O) groups excluding carboxylic acids is 1. The molecule has 2 aliphatic rings. The number of piperidine rings is 1. The van der Waals surface area contributed by atoms with E-state index in [1.807, 2.05) is 17.0 Å². The number of nitrogens with zero attached hydrogens (tertiary/aromatic N) is 2. The summed E-state index contributed by atoms with van der Waals surface area (Å²) >= 11 is 3.50. The van der Waals surface area contributed by atoms with Crippen LogP contribution in [0.3, 0.4) is 0 Å². The number of benzene rings is 2. The van der Waals surface area contributed by atoms with E-state index in [0.717, 1.165) is 29.5 Å². The van der Waals surface area contributed by atoms with Crippen molar-refractivity contribution in [3.63, 3.8) is 0 Å². The molecule has 4 rings (SSSR count). The molecule has 2 heterocycles. The standard InChI is InChI=1S/C22H25BrN2O4S/c1-29-19-5-7-20(8-6-19)30(27,28)24-13-10-16(11-14-24)22(26)25-12-2-3-17-15-18(23)4-9-21(17)25/h4-9,15-16H,2-3,10-14H2,1H3. The number of sulfonamides is 1. The number of anilines is 1. The minimum absolute atomic E-state index is 0.111. The first kappa shape index (κ1) is 21.3. The number of fused-ring (bicyclic) bond motifs is 1. The summed E-state index contributed by atoms with van der Waals surface area (Å²) in [5, 5.41) is 0. The topological polar surface area (TPSA) is 66.9 Å². The molecule has 0 aliphatic carbocycles. The first-order chi connectivity index (χ1) is 14.4. The van der Waals surface area contributed by atoms with Gasteiger partial charge in [-0.1, -0.05) is 15.9 Å². The molecule has 0 unspecified atom stereocenters. The number of ether oxygens (including phenoxy) is 1. The summed E-state index contributed by atoms with van der Waals surface area (Å²) in [6.07, 6.45) is 2.99. The molecular formula is C22H25BrN2O4S. The second kappa shape index (κ2) is 8.69. The largest absolute Gasteiger partial charge is 0.497 e. The van der Waals surface area contributed by atoms with E-state index >= 15 is 0 Å². The van der Waals surface area contributed by atoms with Crippen molar-refractivity contribution in [2.75, 3.05) is 31.6 Å². The fourth-order valence-corrected chi connectivity index (χ4v) is 6.13. The van der Waals surface area contributed by atoms with Crippen molar-refractivity contribution in [1.29, 1.82) is 0 Å². The highest BCUT2D eigenvalue weighted by Gasteiger charge is 2.35. The van der Waals surface area contributed by atoms with Gasteiger partial charge < -0.3 is 9.64 Å². The van der Waals surface area contributed by atoms with Gasteiger partial charge in [0.15, 0.2) is 0 Å². The first-order valence-electron chi connectivity index (χ1n) is 10.1. The van der Waals surface area contributed by atoms with Gasteiger partial charge in [0.2, 0.25) is 15.9 Å². The minimum atomic E-state index is -3.57. The van der Waals surface area contributed by atoms with Gasteiger partial charge in [-0.15, -0.1) is 0 Å². The van der Waals surface area contributed by atoms with Gasteiger partial charge >= 0.3 is 0 Å². The van der Waals surface area contributed by atoms with Crippen LogP contribution in [0.2, 0.25) is 0 Å². The lowest BCUT2D eigenvalue weighted by Crippen LogP contribution is -2.45. The lowest BCUT2D eigenvalue weighted by molar-refractivity contribution is -0.123. The molecule has 0 N–H and O–H groups in total. The molecule has 2 aliphatic heterocycles. The zero-order valence-corrected chi connectivity index (χ0v) is 19.3. The molecule has 0 bridgehead atoms. The number of carbonyl (C=O) groups is 1. The number of halogens is 1. The Morgan fingerprint density at radius 1 is 1.07 bits per heavy atom. The number of amides is 1. The van der Waals surface area contributed by atoms with Gasteiger partial charge in [0.05, 0.1) is 12.0 Å². The van der Waals surface area contributed by atoms with Crippen LogP contribution in [0.4, 0.5) is 5.69 Å². The van der Waals surface area contributed by atoms with E-state index < -0.39 is 10.0 Å². The minimum Gasteiger partial charge on any atom is -0.497 e. The van der Waals surface area contributed by atoms with Crippen molar-refractivity contribution in [2.24, 2.45) is 5.92 Å². The molecule has 1 fully saturated rings. The monoisotopic (exact) mass is 492 g/mol. The third-order valence-electron chi connectivity index (χ3n) is 5.93. The van der Waals surface area contributed by atoms with Crippen molar-refractivity contribution < 1.29 is 17.9 Å². The molecular weight excluding hydrogens is 468 g/mol. The van der Waals surface area contributed by atoms with Gasteiger partial charge in [-0.3, -0.25) is 4.79 Å². The van der Waals surface area contributed by atoms with Crippen molar-refractivity contribution in [1.82, 2.24) is 4.31 Å². The Bertz CT molecular complexity index is 1030. The predicted octanol–water partition coefficient (Wildman–Crippen LogP) is 3.84. The van der Waals surface area contributed by atoms with Gasteiger partial charge in [-0.25, -0.2) is 8.42 Å². The van der Waals surface area contributed by atoms with Crippen LogP contribution in [0.5, 0.6) is 5.75 Å². The van der Waals surface area contributed by atoms with E-state index in [0.29, 0.717) is 31.7 Å². The molecule has 0 radical (unpaired) electrons. The molecule has 1 amide bonds. The first-order valence-corrected chi connectivity index (χ1v) is 12.4. The molecule has 0 aromatic heterocycles. The molecule has 1 saturated heterocycles. The van der Waals surface area contributed by atoms with Gasteiger partial charge in [0.25, 0.3) is 0 Å². The number of methoxy groups -OCH3 is 1. The Morgan fingerprint density at radius 3 is 2.43 bits per heavy atom. The Balaban J connectivity index is 1.44. The molecule has 2 aromatic carbocycles. The van der Waals surface area contributed by atoms with E-state index in [2.05, 4.69) is 22.0 Å². The zero-order chi connectivity index (χ0) is 21.3. The van der Waals surface area contributed by atoms with Crippen LogP contribution in [0.25, 0.3) is 0 Å². The summed E-state index contributed by atoms with van der Waals surface area (Å²) in [7, 11) is -2.02. The van der Waals surface area contributed by atoms with Crippen LogP contribution in [0.1, 0.15) is 24.8 Å². The Morgan fingerprint density at radius 2 is 1.77 bits per heavy atom. The fraction of sp³-hybridized carbons (Fsp3) is 0.409. The Kier molecular flexibility index (Phi) is 6.18. The highest BCUT2D eigenvalue weighted by molar-refractivity contribution is 9.10. The van der Waals surface area contributed by atoms with Crippen molar-refractivity contribution >= 4 is 37.5 Å². The van der Waals surface area contributed by atoms with E-state index in [4.69, 9.17) is 4.74 Å². The van der Waals surface area contributed by atoms with Gasteiger partial charge in [0, 0.05) is 35.7 Å². The van der Waals surface area contributed by atoms with E-state index in [-0.39, 0.29) is 16.7 Å². The third kappa shape index (κ3) is 4.13. The smallest absolute Gasteiger partial charge is 0.243 e. The average Bonchev–Trinajstić information content (AvgIpc) is 2.78. The number of aryl methyl sites for hydroxylation is 1. The van der Waals surface area contributed by atoms with Crippen LogP contribution in [-0.2, 0) is 21.2 Å². The van der Waals surface area contributed by atoms with Crippen molar-refractivity contribution in [2.45, 2.75) is 30.6 Å². The molecule has 6 nitrogen and oxygen atoms in total. The van der Waals surface area contributed by atoms with Crippen LogP contribution >= 0.6 is 15.9 Å². The Hall–Kier alpha value is -1.90. The summed E-state index contributed by atoms with van der Waals surface area (Å²) in [5.74, 6) is 0.578. The van der Waals surface area contributed by atoms with E-state index in [1.54, 1.807) is 31.4 Å². The highest BCUT2D eigenvalue weighted by atomic mass is 79.9. The summed E-state index contributed by atoms with van der Waals surface area (Å²) in [5.41, 5.74) is 2.17. The third-order valence-corrected chi connectivity index (χ3v) is 8.33. The molecule has 0 saturated carbocycles. The summed E-state index contributed by atoms with van der Waals surface area (Å²) in [4.78, 5) is 15.4. The van der Waals surface area contributed by atoms with Crippen LogP contribution in [0, 0.1) is 5.92 Å². The average molecular weight is 493 g/mol. The zero-order valence-electron chi connectivity index (χ0n) is 16.9. The number of rotatable bonds is 4. The summed E-state index contributed by atoms with van der Waals surface area (Å²) < 4.78 is 33.5. The molecule has 0 spiro atoms. The number of hydrogen-bond acceptors (Lipinski definition) is 4. The van der Waals surface area contributed by atoms with E-state index in [9.17, 15) is 13.2 Å². The fourth-order valence-electron chi connectivity index (χ4n) is 4.25. The normalized spacial score (nSPS) is 18.1. The predicted molar refractivity (Wildman–Crippen MR) is 119 cm³/mol. The van der Waals surface area contributed by atoms with Crippen LogP contribution < -0.4 is 9.64 Å². The number of hydrogen-bond donors (Lipinski definition) is 0. The lowest BCUT2D eigenvalue weighted by Gasteiger charge is -2.36. The maximum Gasteiger partial charge on any atom is 0.243 e. The summed E-state index contributed by atoms with van der Waals surface area (Å²) in [6, 6.07) is 12.5. The molecule has 30 heavy (non-hydrogen) atoms. The quantitative estimate of drug-likeness (QED) is 0.650. The summed E-state index contributed by atoms with van der Waals surface area (Å²) in [6.45, 7) is 1.43. The van der Waals surface area contributed by atoms with Crippen LogP contribution in [-0.4, -0.2) is 45.4 Å². The van der Waals surface area contributed by atoms with Gasteiger partial charge in [0.1, 0.15) is 5.75 Å². The molecule has 2 aromatic rings. The Labute approximate surface area is 186 Å². The molecule has 160 valence electrons. The van der Waals surface area contributed by atoms with Crippen LogP contribution in [0.15, 0.2) is 51.8 Å². The SMILES string of the molecule is COc1ccc(S(=O)(=O)N2CCC(C(=O)N3CCCc4cc(Br)ccc43)CC2)cc1. The molecule has 0 atom stereocenters. The van der Waals surface area contributed by atoms with Crippen molar-refractivity contribution in [3.05, 3.63) is 52.5 Å². The maximum atomic E-state index is 13.2.